The Morgan fingerprint density at radius 1 is 1.10 bits per heavy atom. The molecule has 0 fully saturated rings. The van der Waals surface area contributed by atoms with Crippen molar-refractivity contribution >= 4 is 28.9 Å². The summed E-state index contributed by atoms with van der Waals surface area (Å²) < 4.78 is 5.36. The molecule has 3 rings (SSSR count). The van der Waals surface area contributed by atoms with Gasteiger partial charge in [0.05, 0.1) is 4.92 Å². The van der Waals surface area contributed by atoms with Gasteiger partial charge in [0, 0.05) is 28.4 Å². The van der Waals surface area contributed by atoms with Crippen LogP contribution in [0.1, 0.15) is 17.2 Å². The zero-order chi connectivity index (χ0) is 20.8. The summed E-state index contributed by atoms with van der Waals surface area (Å²) in [5.41, 5.74) is 1.45. The number of nitrogens with one attached hydrogen (secondary N) is 1. The molecule has 2 N–H and O–H groups in total. The smallest absolute Gasteiger partial charge is 0.269 e. The summed E-state index contributed by atoms with van der Waals surface area (Å²) in [6.45, 7) is -0.304. The van der Waals surface area contributed by atoms with Crippen molar-refractivity contribution in [2.24, 2.45) is 0 Å². The van der Waals surface area contributed by atoms with Crippen LogP contribution in [0.5, 0.6) is 5.75 Å². The summed E-state index contributed by atoms with van der Waals surface area (Å²) in [6, 6.07) is 19.2. The lowest BCUT2D eigenvalue weighted by Crippen LogP contribution is -2.21. The maximum Gasteiger partial charge on any atom is 0.269 e. The molecule has 3 aromatic rings. The molecule has 7 nitrogen and oxygen atoms in total. The minimum absolute atomic E-state index is 0.0671. The monoisotopic (exact) mass is 412 g/mol. The number of rotatable bonds is 7. The number of nitro groups is 1. The third-order valence-electron chi connectivity index (χ3n) is 4.12. The molecule has 3 aromatic carbocycles. The molecule has 8 heteroatoms. The fraction of sp³-hybridized carbons (Fsp3) is 0.0952. The predicted octanol–water partition coefficient (Wildman–Crippen LogP) is 4.35. The summed E-state index contributed by atoms with van der Waals surface area (Å²) in [5.74, 6) is -0.126. The SMILES string of the molecule is O=C(COc1ccc([N+](=O)[O-])cc1)Nc1ccc(Cl)cc1C(O)c1ccccc1. The molecule has 29 heavy (non-hydrogen) atoms. The zero-order valence-electron chi connectivity index (χ0n) is 15.1. The molecule has 0 aromatic heterocycles. The topological polar surface area (TPSA) is 102 Å². The number of nitrogens with zero attached hydrogens (tertiary/aromatic N) is 1. The van der Waals surface area contributed by atoms with Crippen molar-refractivity contribution < 1.29 is 19.6 Å². The number of carbonyl (C=O) groups excluding carboxylic acids is 1. The highest BCUT2D eigenvalue weighted by atomic mass is 35.5. The second kappa shape index (κ2) is 9.18. The zero-order valence-corrected chi connectivity index (χ0v) is 15.9. The van der Waals surface area contributed by atoms with E-state index < -0.39 is 16.9 Å². The number of halogens is 1. The Balaban J connectivity index is 1.69. The number of aliphatic hydroxyl groups is 1. The molecular weight excluding hydrogens is 396 g/mol. The first-order valence-electron chi connectivity index (χ1n) is 8.63. The van der Waals surface area contributed by atoms with Crippen LogP contribution in [0.4, 0.5) is 11.4 Å². The van der Waals surface area contributed by atoms with Crippen molar-refractivity contribution in [3.05, 3.63) is 99.1 Å². The van der Waals surface area contributed by atoms with E-state index in [1.54, 1.807) is 42.5 Å². The van der Waals surface area contributed by atoms with Gasteiger partial charge in [-0.2, -0.15) is 0 Å². The number of hydrogen-bond acceptors (Lipinski definition) is 5. The van der Waals surface area contributed by atoms with Gasteiger partial charge in [-0.15, -0.1) is 0 Å². The summed E-state index contributed by atoms with van der Waals surface area (Å²) in [7, 11) is 0. The molecule has 148 valence electrons. The Bertz CT molecular complexity index is 1010. The van der Waals surface area contributed by atoms with Gasteiger partial charge in [-0.25, -0.2) is 0 Å². The van der Waals surface area contributed by atoms with Gasteiger partial charge in [-0.3, -0.25) is 14.9 Å². The van der Waals surface area contributed by atoms with Crippen molar-refractivity contribution in [1.29, 1.82) is 0 Å². The van der Waals surface area contributed by atoms with E-state index in [1.807, 2.05) is 6.07 Å². The molecule has 0 aliphatic rings. The molecule has 0 bridgehead atoms. The maximum atomic E-state index is 12.3. The highest BCUT2D eigenvalue weighted by Crippen LogP contribution is 2.31. The highest BCUT2D eigenvalue weighted by Gasteiger charge is 2.17. The Kier molecular flexibility index (Phi) is 6.43. The largest absolute Gasteiger partial charge is 0.484 e. The van der Waals surface area contributed by atoms with E-state index in [0.29, 0.717) is 27.6 Å². The van der Waals surface area contributed by atoms with E-state index in [1.165, 1.54) is 24.3 Å². The minimum atomic E-state index is -0.971. The van der Waals surface area contributed by atoms with Crippen molar-refractivity contribution in [2.75, 3.05) is 11.9 Å². The maximum absolute atomic E-state index is 12.3. The first kappa shape index (κ1) is 20.3. The lowest BCUT2D eigenvalue weighted by Gasteiger charge is -2.17. The lowest BCUT2D eigenvalue weighted by atomic mass is 10.00. The number of amides is 1. The fourth-order valence-corrected chi connectivity index (χ4v) is 2.87. The summed E-state index contributed by atoms with van der Waals surface area (Å²) >= 11 is 6.06. The van der Waals surface area contributed by atoms with E-state index in [9.17, 15) is 20.0 Å². The molecule has 1 unspecified atom stereocenters. The second-order valence-corrected chi connectivity index (χ2v) is 6.57. The number of benzene rings is 3. The average Bonchev–Trinajstić information content (AvgIpc) is 2.74. The number of aliphatic hydroxyl groups excluding tert-OH is 1. The Labute approximate surface area is 171 Å². The third kappa shape index (κ3) is 5.31. The molecule has 0 saturated heterocycles. The van der Waals surface area contributed by atoms with Crippen LogP contribution in [0.2, 0.25) is 5.02 Å². The normalized spacial score (nSPS) is 11.5. The van der Waals surface area contributed by atoms with E-state index in [-0.39, 0.29) is 12.3 Å². The highest BCUT2D eigenvalue weighted by molar-refractivity contribution is 6.30. The first-order valence-corrected chi connectivity index (χ1v) is 9.01. The number of hydrogen-bond donors (Lipinski definition) is 2. The van der Waals surface area contributed by atoms with Crippen LogP contribution in [-0.4, -0.2) is 22.5 Å². The van der Waals surface area contributed by atoms with Crippen LogP contribution in [0.3, 0.4) is 0 Å². The van der Waals surface area contributed by atoms with Crippen LogP contribution in [-0.2, 0) is 4.79 Å². The standard InChI is InChI=1S/C21H17ClN2O5/c22-15-6-11-19(18(12-15)21(26)14-4-2-1-3-5-14)23-20(25)13-29-17-9-7-16(8-10-17)24(27)28/h1-12,21,26H,13H2,(H,23,25). The van der Waals surface area contributed by atoms with Gasteiger partial charge in [0.1, 0.15) is 11.9 Å². The summed E-state index contributed by atoms with van der Waals surface area (Å²) in [6.07, 6.45) is -0.971. The fourth-order valence-electron chi connectivity index (χ4n) is 2.69. The van der Waals surface area contributed by atoms with Crippen LogP contribution < -0.4 is 10.1 Å². The van der Waals surface area contributed by atoms with Gasteiger partial charge in [0.15, 0.2) is 6.61 Å². The van der Waals surface area contributed by atoms with E-state index in [4.69, 9.17) is 16.3 Å². The molecule has 0 aliphatic carbocycles. The van der Waals surface area contributed by atoms with Gasteiger partial charge in [-0.05, 0) is 35.9 Å². The molecule has 0 radical (unpaired) electrons. The number of ether oxygens (including phenoxy) is 1. The van der Waals surface area contributed by atoms with E-state index in [0.717, 1.165) is 0 Å². The summed E-state index contributed by atoms with van der Waals surface area (Å²) in [5, 5.41) is 24.5. The molecule has 0 heterocycles. The Hall–Kier alpha value is -3.42. The van der Waals surface area contributed by atoms with E-state index in [2.05, 4.69) is 5.32 Å². The number of anilines is 1. The van der Waals surface area contributed by atoms with Crippen LogP contribution >= 0.6 is 11.6 Å². The van der Waals surface area contributed by atoms with E-state index >= 15 is 0 Å². The lowest BCUT2D eigenvalue weighted by molar-refractivity contribution is -0.384. The van der Waals surface area contributed by atoms with Crippen molar-refractivity contribution in [3.8, 4) is 5.75 Å². The van der Waals surface area contributed by atoms with Gasteiger partial charge in [-0.1, -0.05) is 41.9 Å². The number of non-ortho nitro benzene ring substituents is 1. The van der Waals surface area contributed by atoms with Crippen molar-refractivity contribution in [1.82, 2.24) is 0 Å². The number of carbonyl (C=O) groups is 1. The second-order valence-electron chi connectivity index (χ2n) is 6.13. The van der Waals surface area contributed by atoms with Crippen LogP contribution in [0, 0.1) is 10.1 Å². The molecular formula is C21H17ClN2O5. The average molecular weight is 413 g/mol. The van der Waals surface area contributed by atoms with Crippen LogP contribution in [0.25, 0.3) is 0 Å². The van der Waals surface area contributed by atoms with Crippen LogP contribution in [0.15, 0.2) is 72.8 Å². The molecule has 1 atom stereocenters. The van der Waals surface area contributed by atoms with Crippen molar-refractivity contribution in [3.63, 3.8) is 0 Å². The quantitative estimate of drug-likeness (QED) is 0.443. The molecule has 0 saturated carbocycles. The minimum Gasteiger partial charge on any atom is -0.484 e. The van der Waals surface area contributed by atoms with Gasteiger partial charge >= 0.3 is 0 Å². The number of nitro benzene ring substituents is 1. The molecule has 0 aliphatic heterocycles. The predicted molar refractivity (Wildman–Crippen MR) is 109 cm³/mol. The van der Waals surface area contributed by atoms with Gasteiger partial charge in [0.25, 0.3) is 11.6 Å². The Morgan fingerprint density at radius 3 is 2.45 bits per heavy atom. The summed E-state index contributed by atoms with van der Waals surface area (Å²) in [4.78, 5) is 22.4. The van der Waals surface area contributed by atoms with Gasteiger partial charge in [0.2, 0.25) is 0 Å². The van der Waals surface area contributed by atoms with Crippen molar-refractivity contribution in [2.45, 2.75) is 6.10 Å². The molecule has 0 spiro atoms. The molecule has 1 amide bonds. The third-order valence-corrected chi connectivity index (χ3v) is 4.35. The Morgan fingerprint density at radius 2 is 1.79 bits per heavy atom. The first-order chi connectivity index (χ1) is 13.9. The van der Waals surface area contributed by atoms with Gasteiger partial charge < -0.3 is 15.2 Å².